The number of ether oxygens (including phenoxy) is 1. The van der Waals surface area contributed by atoms with E-state index >= 15 is 0 Å². The smallest absolute Gasteiger partial charge is 0.253 e. The van der Waals surface area contributed by atoms with Crippen LogP contribution in [0.5, 0.6) is 0 Å². The van der Waals surface area contributed by atoms with E-state index in [1.807, 2.05) is 24.7 Å². The fourth-order valence-electron chi connectivity index (χ4n) is 3.42. The molecule has 1 heterocycles. The van der Waals surface area contributed by atoms with Crippen LogP contribution in [0.15, 0.2) is 36.5 Å². The highest BCUT2D eigenvalue weighted by atomic mass is 16.5. The number of rotatable bonds is 3. The van der Waals surface area contributed by atoms with E-state index in [9.17, 15) is 4.79 Å². The number of nitrogens with zero attached hydrogens (tertiary/aromatic N) is 1. The monoisotopic (exact) mass is 312 g/mol. The number of fused-ring (bicyclic) bond motifs is 1. The van der Waals surface area contributed by atoms with Gasteiger partial charge in [-0.25, -0.2) is 0 Å². The van der Waals surface area contributed by atoms with Gasteiger partial charge < -0.3 is 14.6 Å². The van der Waals surface area contributed by atoms with Crippen LogP contribution in [0.3, 0.4) is 0 Å². The minimum Gasteiger partial charge on any atom is -0.379 e. The lowest BCUT2D eigenvalue weighted by atomic mass is 9.89. The maximum absolute atomic E-state index is 12.8. The summed E-state index contributed by atoms with van der Waals surface area (Å²) in [6, 6.07) is 6.24. The maximum atomic E-state index is 12.8. The standard InChI is InChI=1S/C19H24N2O2/c1-12-6-8-17-14(9-12)15(11-21(17)3)19(22)20-16-7-5-13(2)10-18(16)23-4/h6,8-9,11,16,18H,2,5,7,10H2,1,3-4H3,(H,20,22). The van der Waals surface area contributed by atoms with E-state index in [2.05, 4.69) is 30.1 Å². The number of benzene rings is 1. The predicted molar refractivity (Wildman–Crippen MR) is 92.7 cm³/mol. The van der Waals surface area contributed by atoms with Crippen LogP contribution in [-0.4, -0.2) is 29.7 Å². The van der Waals surface area contributed by atoms with E-state index in [0.29, 0.717) is 0 Å². The van der Waals surface area contributed by atoms with Gasteiger partial charge in [0.05, 0.1) is 17.7 Å². The molecule has 3 rings (SSSR count). The van der Waals surface area contributed by atoms with Gasteiger partial charge in [0.25, 0.3) is 5.91 Å². The van der Waals surface area contributed by atoms with Gasteiger partial charge in [-0.2, -0.15) is 0 Å². The maximum Gasteiger partial charge on any atom is 0.253 e. The van der Waals surface area contributed by atoms with Crippen molar-refractivity contribution in [2.45, 2.75) is 38.3 Å². The SMILES string of the molecule is C=C1CCC(NC(=O)c2cn(C)c3ccc(C)cc23)C(OC)C1. The number of amides is 1. The second-order valence-electron chi connectivity index (χ2n) is 6.52. The third-order valence-electron chi connectivity index (χ3n) is 4.76. The summed E-state index contributed by atoms with van der Waals surface area (Å²) in [6.07, 6.45) is 4.56. The van der Waals surface area contributed by atoms with E-state index in [1.165, 1.54) is 5.57 Å². The molecule has 1 aromatic heterocycles. The van der Waals surface area contributed by atoms with Crippen LogP contribution in [0.2, 0.25) is 0 Å². The molecule has 23 heavy (non-hydrogen) atoms. The number of carbonyl (C=O) groups excluding carboxylic acids is 1. The van der Waals surface area contributed by atoms with Crippen LogP contribution in [0.25, 0.3) is 10.9 Å². The van der Waals surface area contributed by atoms with E-state index in [0.717, 1.165) is 41.3 Å². The molecule has 0 spiro atoms. The molecule has 1 aliphatic rings. The fourth-order valence-corrected chi connectivity index (χ4v) is 3.42. The molecule has 122 valence electrons. The molecule has 0 saturated heterocycles. The lowest BCUT2D eigenvalue weighted by molar-refractivity contribution is 0.0508. The molecular weight excluding hydrogens is 288 g/mol. The lowest BCUT2D eigenvalue weighted by Gasteiger charge is -2.32. The van der Waals surface area contributed by atoms with Gasteiger partial charge in [0, 0.05) is 31.3 Å². The largest absolute Gasteiger partial charge is 0.379 e. The average Bonchev–Trinajstić information content (AvgIpc) is 2.85. The minimum absolute atomic E-state index is 0.0110. The molecule has 2 unspecified atom stereocenters. The highest BCUT2D eigenvalue weighted by Crippen LogP contribution is 2.26. The molecule has 2 atom stereocenters. The Bertz CT molecular complexity index is 760. The van der Waals surface area contributed by atoms with Gasteiger partial charge in [0.1, 0.15) is 0 Å². The molecule has 1 fully saturated rings. The van der Waals surface area contributed by atoms with Crippen molar-refractivity contribution in [1.29, 1.82) is 0 Å². The van der Waals surface area contributed by atoms with Gasteiger partial charge in [0.15, 0.2) is 0 Å². The summed E-state index contributed by atoms with van der Waals surface area (Å²) in [5, 5.41) is 4.16. The second kappa shape index (κ2) is 6.20. The predicted octanol–water partition coefficient (Wildman–Crippen LogP) is 3.34. The van der Waals surface area contributed by atoms with Crippen molar-refractivity contribution < 1.29 is 9.53 Å². The third kappa shape index (κ3) is 3.04. The molecule has 1 saturated carbocycles. The van der Waals surface area contributed by atoms with Crippen molar-refractivity contribution in [2.75, 3.05) is 7.11 Å². The van der Waals surface area contributed by atoms with E-state index < -0.39 is 0 Å². The van der Waals surface area contributed by atoms with Gasteiger partial charge in [0.2, 0.25) is 0 Å². The summed E-state index contributed by atoms with van der Waals surface area (Å²) in [6.45, 7) is 6.09. The van der Waals surface area contributed by atoms with Crippen molar-refractivity contribution in [2.24, 2.45) is 7.05 Å². The van der Waals surface area contributed by atoms with Gasteiger partial charge in [-0.1, -0.05) is 23.8 Å². The van der Waals surface area contributed by atoms with E-state index in [-0.39, 0.29) is 18.1 Å². The molecule has 1 aromatic carbocycles. The average molecular weight is 312 g/mol. The Hall–Kier alpha value is -2.07. The zero-order valence-electron chi connectivity index (χ0n) is 14.1. The topological polar surface area (TPSA) is 43.3 Å². The van der Waals surface area contributed by atoms with E-state index in [4.69, 9.17) is 4.74 Å². The zero-order chi connectivity index (χ0) is 16.6. The molecule has 4 nitrogen and oxygen atoms in total. The minimum atomic E-state index is -0.0271. The van der Waals surface area contributed by atoms with Crippen LogP contribution >= 0.6 is 0 Å². The van der Waals surface area contributed by atoms with Crippen molar-refractivity contribution in [3.8, 4) is 0 Å². The quantitative estimate of drug-likeness (QED) is 0.883. The molecule has 1 N–H and O–H groups in total. The second-order valence-corrected chi connectivity index (χ2v) is 6.52. The number of hydrogen-bond acceptors (Lipinski definition) is 2. The van der Waals surface area contributed by atoms with Crippen LogP contribution < -0.4 is 5.32 Å². The van der Waals surface area contributed by atoms with Crippen LogP contribution in [0.4, 0.5) is 0 Å². The van der Waals surface area contributed by atoms with Crippen molar-refractivity contribution in [3.63, 3.8) is 0 Å². The third-order valence-corrected chi connectivity index (χ3v) is 4.76. The summed E-state index contributed by atoms with van der Waals surface area (Å²) < 4.78 is 7.54. The Morgan fingerprint density at radius 3 is 2.96 bits per heavy atom. The highest BCUT2D eigenvalue weighted by Gasteiger charge is 2.29. The summed E-state index contributed by atoms with van der Waals surface area (Å²) in [4.78, 5) is 12.8. The number of hydrogen-bond donors (Lipinski definition) is 1. The Labute approximate surface area is 137 Å². The number of aromatic nitrogens is 1. The normalized spacial score (nSPS) is 21.6. The summed E-state index contributed by atoms with van der Waals surface area (Å²) >= 11 is 0. The Morgan fingerprint density at radius 1 is 1.43 bits per heavy atom. The first-order valence-corrected chi connectivity index (χ1v) is 8.05. The Balaban J connectivity index is 1.86. The number of methoxy groups -OCH3 is 1. The first kappa shape index (κ1) is 15.8. The first-order chi connectivity index (χ1) is 11.0. The van der Waals surface area contributed by atoms with Crippen molar-refractivity contribution in [1.82, 2.24) is 9.88 Å². The highest BCUT2D eigenvalue weighted by molar-refractivity contribution is 6.07. The van der Waals surface area contributed by atoms with Crippen molar-refractivity contribution >= 4 is 16.8 Å². The number of aryl methyl sites for hydroxylation is 2. The number of nitrogens with one attached hydrogen (secondary N) is 1. The van der Waals surface area contributed by atoms with Crippen molar-refractivity contribution in [3.05, 3.63) is 47.7 Å². The molecule has 1 aliphatic carbocycles. The summed E-state index contributed by atoms with van der Waals surface area (Å²) in [7, 11) is 3.67. The Kier molecular flexibility index (Phi) is 4.26. The molecule has 1 amide bonds. The molecule has 0 bridgehead atoms. The van der Waals surface area contributed by atoms with Gasteiger partial charge in [-0.05, 0) is 38.3 Å². The number of carbonyl (C=O) groups is 1. The molecular formula is C19H24N2O2. The zero-order valence-corrected chi connectivity index (χ0v) is 14.1. The molecule has 2 aromatic rings. The van der Waals surface area contributed by atoms with Gasteiger partial charge >= 0.3 is 0 Å². The fraction of sp³-hybridized carbons (Fsp3) is 0.421. The molecule has 4 heteroatoms. The summed E-state index contributed by atoms with van der Waals surface area (Å²) in [5.74, 6) is -0.0271. The van der Waals surface area contributed by atoms with E-state index in [1.54, 1.807) is 7.11 Å². The van der Waals surface area contributed by atoms with Gasteiger partial charge in [-0.3, -0.25) is 4.79 Å². The van der Waals surface area contributed by atoms with Gasteiger partial charge in [-0.15, -0.1) is 0 Å². The lowest BCUT2D eigenvalue weighted by Crippen LogP contribution is -2.46. The Morgan fingerprint density at radius 2 is 2.22 bits per heavy atom. The van der Waals surface area contributed by atoms with Crippen LogP contribution in [0.1, 0.15) is 35.2 Å². The van der Waals surface area contributed by atoms with Crippen LogP contribution in [-0.2, 0) is 11.8 Å². The van der Waals surface area contributed by atoms with Crippen LogP contribution in [0, 0.1) is 6.92 Å². The summed E-state index contributed by atoms with van der Waals surface area (Å²) in [5.41, 5.74) is 4.15. The molecule has 0 aliphatic heterocycles. The first-order valence-electron chi connectivity index (χ1n) is 8.05. The molecule has 0 radical (unpaired) electrons.